The normalized spacial score (nSPS) is 16.1. The van der Waals surface area contributed by atoms with Crippen LogP contribution in [0.15, 0.2) is 4.52 Å². The zero-order chi connectivity index (χ0) is 13.8. The van der Waals surface area contributed by atoms with Crippen molar-refractivity contribution in [1.82, 2.24) is 24.8 Å². The summed E-state index contributed by atoms with van der Waals surface area (Å²) in [5.74, 6) is -1.46. The molecule has 1 aliphatic heterocycles. The maximum Gasteiger partial charge on any atom is 0.471 e. The monoisotopic (exact) mass is 275 g/mol. The SMILES string of the molecule is Cn1c(-c2noc(C(F)(F)F)n2)nc2c1CN(O)C2. The molecule has 0 bridgehead atoms. The van der Waals surface area contributed by atoms with Crippen molar-refractivity contribution in [3.63, 3.8) is 0 Å². The molecule has 0 radical (unpaired) electrons. The molecule has 102 valence electrons. The summed E-state index contributed by atoms with van der Waals surface area (Å²) in [4.78, 5) is 7.40. The first-order valence-corrected chi connectivity index (χ1v) is 5.26. The van der Waals surface area contributed by atoms with Gasteiger partial charge in [-0.25, -0.2) is 4.98 Å². The summed E-state index contributed by atoms with van der Waals surface area (Å²) in [6.45, 7) is 0.468. The van der Waals surface area contributed by atoms with Gasteiger partial charge in [0.1, 0.15) is 0 Å². The molecule has 7 nitrogen and oxygen atoms in total. The number of hydrogen-bond acceptors (Lipinski definition) is 6. The summed E-state index contributed by atoms with van der Waals surface area (Å²) in [6.07, 6.45) is -4.68. The highest BCUT2D eigenvalue weighted by molar-refractivity contribution is 5.46. The topological polar surface area (TPSA) is 80.2 Å². The van der Waals surface area contributed by atoms with E-state index in [4.69, 9.17) is 0 Å². The van der Waals surface area contributed by atoms with Gasteiger partial charge in [0.2, 0.25) is 5.82 Å². The molecule has 0 saturated carbocycles. The van der Waals surface area contributed by atoms with Crippen LogP contribution in [0.3, 0.4) is 0 Å². The van der Waals surface area contributed by atoms with Gasteiger partial charge in [0, 0.05) is 7.05 Å². The molecule has 0 aliphatic carbocycles. The van der Waals surface area contributed by atoms with Gasteiger partial charge in [-0.1, -0.05) is 5.16 Å². The second-order valence-corrected chi connectivity index (χ2v) is 4.13. The van der Waals surface area contributed by atoms with Crippen LogP contribution in [0.5, 0.6) is 0 Å². The van der Waals surface area contributed by atoms with Gasteiger partial charge in [0.15, 0.2) is 5.82 Å². The number of imidazole rings is 1. The molecule has 0 atom stereocenters. The minimum Gasteiger partial charge on any atom is -0.329 e. The van der Waals surface area contributed by atoms with E-state index in [0.29, 0.717) is 11.4 Å². The quantitative estimate of drug-likeness (QED) is 0.842. The molecule has 19 heavy (non-hydrogen) atoms. The Morgan fingerprint density at radius 1 is 1.26 bits per heavy atom. The Morgan fingerprint density at radius 2 is 2.00 bits per heavy atom. The van der Waals surface area contributed by atoms with Gasteiger partial charge in [-0.15, -0.1) is 0 Å². The summed E-state index contributed by atoms with van der Waals surface area (Å²) in [5.41, 5.74) is 1.29. The third-order valence-corrected chi connectivity index (χ3v) is 2.83. The van der Waals surface area contributed by atoms with Crippen molar-refractivity contribution in [3.05, 3.63) is 17.3 Å². The lowest BCUT2D eigenvalue weighted by Gasteiger charge is -2.05. The first kappa shape index (κ1) is 12.1. The predicted molar refractivity (Wildman–Crippen MR) is 52.5 cm³/mol. The Balaban J connectivity index is 2.00. The maximum atomic E-state index is 12.4. The molecule has 2 aromatic heterocycles. The number of halogens is 3. The number of fused-ring (bicyclic) bond motifs is 1. The van der Waals surface area contributed by atoms with Crippen molar-refractivity contribution < 1.29 is 22.9 Å². The second kappa shape index (κ2) is 3.78. The largest absolute Gasteiger partial charge is 0.471 e. The van der Waals surface area contributed by atoms with Crippen LogP contribution in [-0.4, -0.2) is 30.0 Å². The van der Waals surface area contributed by atoms with Crippen molar-refractivity contribution in [2.24, 2.45) is 7.05 Å². The summed E-state index contributed by atoms with van der Waals surface area (Å²) >= 11 is 0. The van der Waals surface area contributed by atoms with Crippen LogP contribution in [0.2, 0.25) is 0 Å². The third-order valence-electron chi connectivity index (χ3n) is 2.83. The lowest BCUT2D eigenvalue weighted by molar-refractivity contribution is -0.159. The van der Waals surface area contributed by atoms with E-state index in [0.717, 1.165) is 5.06 Å². The van der Waals surface area contributed by atoms with E-state index in [1.807, 2.05) is 0 Å². The Hall–Kier alpha value is -1.94. The van der Waals surface area contributed by atoms with Gasteiger partial charge in [-0.3, -0.25) is 0 Å². The van der Waals surface area contributed by atoms with Gasteiger partial charge in [-0.05, 0) is 0 Å². The molecule has 3 heterocycles. The highest BCUT2D eigenvalue weighted by Gasteiger charge is 2.39. The van der Waals surface area contributed by atoms with E-state index in [1.54, 1.807) is 7.05 Å². The van der Waals surface area contributed by atoms with Crippen molar-refractivity contribution >= 4 is 0 Å². The molecule has 1 aliphatic rings. The van der Waals surface area contributed by atoms with Crippen LogP contribution in [0, 0.1) is 0 Å². The number of nitrogens with zero attached hydrogens (tertiary/aromatic N) is 5. The Kier molecular flexibility index (Phi) is 2.41. The van der Waals surface area contributed by atoms with E-state index in [1.165, 1.54) is 4.57 Å². The van der Waals surface area contributed by atoms with Crippen molar-refractivity contribution in [2.75, 3.05) is 0 Å². The summed E-state index contributed by atoms with van der Waals surface area (Å²) < 4.78 is 42.8. The molecule has 0 fully saturated rings. The highest BCUT2D eigenvalue weighted by Crippen LogP contribution is 2.30. The highest BCUT2D eigenvalue weighted by atomic mass is 19.4. The summed E-state index contributed by atoms with van der Waals surface area (Å²) in [7, 11) is 1.62. The van der Waals surface area contributed by atoms with Crippen LogP contribution in [0.1, 0.15) is 17.3 Å². The fraction of sp³-hybridized carbons (Fsp3) is 0.444. The molecule has 2 aromatic rings. The van der Waals surface area contributed by atoms with Crippen molar-refractivity contribution in [3.8, 4) is 11.6 Å². The standard InChI is InChI=1S/C9H8F3N5O2/c1-16-5-3-17(18)2-4(5)13-7(16)6-14-8(19-15-6)9(10,11)12/h18H,2-3H2,1H3. The second-order valence-electron chi connectivity index (χ2n) is 4.13. The Morgan fingerprint density at radius 3 is 2.58 bits per heavy atom. The molecule has 0 aromatic carbocycles. The van der Waals surface area contributed by atoms with Gasteiger partial charge < -0.3 is 14.3 Å². The Labute approximate surface area is 104 Å². The number of aromatic nitrogens is 4. The molecular formula is C9H8F3N5O2. The van der Waals surface area contributed by atoms with E-state index in [9.17, 15) is 18.4 Å². The molecule has 0 unspecified atom stereocenters. The third kappa shape index (κ3) is 1.88. The zero-order valence-corrected chi connectivity index (χ0v) is 9.64. The molecule has 0 saturated heterocycles. The summed E-state index contributed by atoms with van der Waals surface area (Å²) in [6, 6.07) is 0. The number of hydroxylamine groups is 2. The lowest BCUT2D eigenvalue weighted by atomic mass is 10.4. The van der Waals surface area contributed by atoms with Gasteiger partial charge >= 0.3 is 12.1 Å². The van der Waals surface area contributed by atoms with Crippen LogP contribution in [0.25, 0.3) is 11.6 Å². The van der Waals surface area contributed by atoms with Crippen molar-refractivity contribution in [1.29, 1.82) is 0 Å². The molecular weight excluding hydrogens is 267 g/mol. The Bertz CT molecular complexity index is 632. The van der Waals surface area contributed by atoms with Gasteiger partial charge in [0.05, 0.1) is 24.5 Å². The number of rotatable bonds is 1. The van der Waals surface area contributed by atoms with E-state index in [2.05, 4.69) is 19.6 Å². The number of hydrogen-bond donors (Lipinski definition) is 1. The average Bonchev–Trinajstić information content (AvgIpc) is 2.94. The molecule has 0 spiro atoms. The van der Waals surface area contributed by atoms with E-state index >= 15 is 0 Å². The van der Waals surface area contributed by atoms with Crippen LogP contribution >= 0.6 is 0 Å². The van der Waals surface area contributed by atoms with Crippen LogP contribution in [-0.2, 0) is 26.3 Å². The molecule has 1 N–H and O–H groups in total. The molecule has 10 heteroatoms. The van der Waals surface area contributed by atoms with Gasteiger partial charge in [0.25, 0.3) is 0 Å². The fourth-order valence-electron chi connectivity index (χ4n) is 1.94. The van der Waals surface area contributed by atoms with E-state index < -0.39 is 12.1 Å². The zero-order valence-electron chi connectivity index (χ0n) is 9.64. The average molecular weight is 275 g/mol. The van der Waals surface area contributed by atoms with Crippen molar-refractivity contribution in [2.45, 2.75) is 19.3 Å². The smallest absolute Gasteiger partial charge is 0.329 e. The first-order valence-electron chi connectivity index (χ1n) is 5.26. The lowest BCUT2D eigenvalue weighted by Crippen LogP contribution is -2.12. The molecule has 0 amide bonds. The first-order chi connectivity index (χ1) is 8.86. The predicted octanol–water partition coefficient (Wildman–Crippen LogP) is 1.19. The summed E-state index contributed by atoms with van der Waals surface area (Å²) in [5, 5.41) is 13.7. The van der Waals surface area contributed by atoms with Gasteiger partial charge in [-0.2, -0.15) is 23.2 Å². The number of alkyl halides is 3. The molecule has 3 rings (SSSR count). The maximum absolute atomic E-state index is 12.4. The van der Waals surface area contributed by atoms with Crippen LogP contribution in [0.4, 0.5) is 13.2 Å². The minimum absolute atomic E-state index is 0.178. The fourth-order valence-corrected chi connectivity index (χ4v) is 1.94. The van der Waals surface area contributed by atoms with Crippen LogP contribution < -0.4 is 0 Å². The van der Waals surface area contributed by atoms with E-state index in [-0.39, 0.29) is 24.7 Å². The minimum atomic E-state index is -4.68.